The highest BCUT2D eigenvalue weighted by atomic mass is 79.9. The van der Waals surface area contributed by atoms with Crippen LogP contribution in [0.3, 0.4) is 0 Å². The predicted molar refractivity (Wildman–Crippen MR) is 66.6 cm³/mol. The Kier molecular flexibility index (Phi) is 3.33. The van der Waals surface area contributed by atoms with Crippen molar-refractivity contribution < 1.29 is 0 Å². The topological polar surface area (TPSA) is 43.8 Å². The SMILES string of the molecule is Nc1cc(Br)ccc1SCn1cccn1. The molecule has 3 nitrogen and oxygen atoms in total. The second-order valence-electron chi connectivity index (χ2n) is 3.00. The van der Waals surface area contributed by atoms with Crippen LogP contribution in [-0.4, -0.2) is 9.78 Å². The van der Waals surface area contributed by atoms with Gasteiger partial charge in [0.05, 0.1) is 5.88 Å². The quantitative estimate of drug-likeness (QED) is 0.696. The Bertz CT molecular complexity index is 442. The zero-order valence-corrected chi connectivity index (χ0v) is 10.3. The van der Waals surface area contributed by atoms with Gasteiger partial charge < -0.3 is 5.73 Å². The van der Waals surface area contributed by atoms with Gasteiger partial charge in [-0.2, -0.15) is 5.10 Å². The van der Waals surface area contributed by atoms with Gasteiger partial charge in [-0.3, -0.25) is 4.68 Å². The zero-order valence-electron chi connectivity index (χ0n) is 7.93. The van der Waals surface area contributed by atoms with Gasteiger partial charge in [0.15, 0.2) is 0 Å². The van der Waals surface area contributed by atoms with Gasteiger partial charge >= 0.3 is 0 Å². The van der Waals surface area contributed by atoms with Gasteiger partial charge in [-0.1, -0.05) is 15.9 Å². The van der Waals surface area contributed by atoms with Crippen molar-refractivity contribution in [3.8, 4) is 0 Å². The minimum atomic E-state index is 0.777. The molecule has 0 saturated heterocycles. The fourth-order valence-corrected chi connectivity index (χ4v) is 2.36. The first-order valence-corrected chi connectivity index (χ1v) is 6.19. The molecular weight excluding hydrogens is 274 g/mol. The number of hydrogen-bond donors (Lipinski definition) is 1. The summed E-state index contributed by atoms with van der Waals surface area (Å²) in [6, 6.07) is 7.81. The van der Waals surface area contributed by atoms with Crippen molar-refractivity contribution in [2.75, 3.05) is 5.73 Å². The number of halogens is 1. The molecule has 2 aromatic rings. The van der Waals surface area contributed by atoms with Crippen molar-refractivity contribution in [2.45, 2.75) is 10.8 Å². The van der Waals surface area contributed by atoms with Crippen molar-refractivity contribution in [3.63, 3.8) is 0 Å². The fraction of sp³-hybridized carbons (Fsp3) is 0.100. The van der Waals surface area contributed by atoms with Crippen molar-refractivity contribution in [1.29, 1.82) is 0 Å². The molecule has 1 aromatic heterocycles. The minimum absolute atomic E-state index is 0.777. The molecule has 5 heteroatoms. The van der Waals surface area contributed by atoms with Crippen LogP contribution < -0.4 is 5.73 Å². The fourth-order valence-electron chi connectivity index (χ4n) is 1.16. The normalized spacial score (nSPS) is 10.5. The average molecular weight is 284 g/mol. The molecule has 2 N–H and O–H groups in total. The maximum atomic E-state index is 5.88. The molecule has 78 valence electrons. The summed E-state index contributed by atoms with van der Waals surface area (Å²) < 4.78 is 2.87. The highest BCUT2D eigenvalue weighted by Crippen LogP contribution is 2.28. The molecule has 0 aliphatic heterocycles. The largest absolute Gasteiger partial charge is 0.398 e. The Hall–Kier alpha value is -0.940. The van der Waals surface area contributed by atoms with E-state index in [2.05, 4.69) is 21.0 Å². The first kappa shape index (κ1) is 10.6. The molecule has 0 atom stereocenters. The molecule has 0 aliphatic carbocycles. The van der Waals surface area contributed by atoms with E-state index in [-0.39, 0.29) is 0 Å². The first-order chi connectivity index (χ1) is 7.25. The second kappa shape index (κ2) is 4.72. The van der Waals surface area contributed by atoms with Gasteiger partial charge in [-0.25, -0.2) is 0 Å². The van der Waals surface area contributed by atoms with E-state index < -0.39 is 0 Å². The average Bonchev–Trinajstić information content (AvgIpc) is 2.69. The molecule has 0 radical (unpaired) electrons. The first-order valence-electron chi connectivity index (χ1n) is 4.41. The summed E-state index contributed by atoms with van der Waals surface area (Å²) >= 11 is 5.05. The summed E-state index contributed by atoms with van der Waals surface area (Å²) in [5, 5.41) is 4.12. The van der Waals surface area contributed by atoms with Crippen LogP contribution in [0.25, 0.3) is 0 Å². The lowest BCUT2D eigenvalue weighted by molar-refractivity contribution is 0.751. The van der Waals surface area contributed by atoms with Crippen molar-refractivity contribution in [3.05, 3.63) is 41.1 Å². The molecule has 0 unspecified atom stereocenters. The van der Waals surface area contributed by atoms with E-state index in [9.17, 15) is 0 Å². The number of anilines is 1. The third-order valence-electron chi connectivity index (χ3n) is 1.88. The van der Waals surface area contributed by atoms with Crippen LogP contribution in [0.1, 0.15) is 0 Å². The standard InChI is InChI=1S/C10H10BrN3S/c11-8-2-3-10(9(12)6-8)15-7-14-5-1-4-13-14/h1-6H,7,12H2. The molecular formula is C10H10BrN3S. The van der Waals surface area contributed by atoms with Crippen molar-refractivity contribution >= 4 is 33.4 Å². The molecule has 0 saturated carbocycles. The zero-order chi connectivity index (χ0) is 10.7. The molecule has 0 bridgehead atoms. The van der Waals surface area contributed by atoms with Gasteiger partial charge in [0, 0.05) is 27.4 Å². The Morgan fingerprint density at radius 1 is 1.47 bits per heavy atom. The third kappa shape index (κ3) is 2.76. The van der Waals surface area contributed by atoms with E-state index in [4.69, 9.17) is 5.73 Å². The molecule has 15 heavy (non-hydrogen) atoms. The molecule has 1 heterocycles. The summed E-state index contributed by atoms with van der Waals surface area (Å²) in [5.74, 6) is 0.777. The maximum absolute atomic E-state index is 5.88. The molecule has 1 aromatic carbocycles. The highest BCUT2D eigenvalue weighted by molar-refractivity contribution is 9.10. The molecule has 0 amide bonds. The van der Waals surface area contributed by atoms with Crippen LogP contribution in [0.2, 0.25) is 0 Å². The van der Waals surface area contributed by atoms with E-state index >= 15 is 0 Å². The van der Waals surface area contributed by atoms with E-state index in [1.54, 1.807) is 18.0 Å². The number of nitrogens with two attached hydrogens (primary N) is 1. The van der Waals surface area contributed by atoms with E-state index in [1.165, 1.54) is 0 Å². The summed E-state index contributed by atoms with van der Waals surface area (Å²) in [7, 11) is 0. The van der Waals surface area contributed by atoms with Gasteiger partial charge in [0.25, 0.3) is 0 Å². The number of nitrogens with zero attached hydrogens (tertiary/aromatic N) is 2. The second-order valence-corrected chi connectivity index (χ2v) is 4.90. The number of rotatable bonds is 3. The van der Waals surface area contributed by atoms with Crippen LogP contribution >= 0.6 is 27.7 Å². The van der Waals surface area contributed by atoms with Crippen molar-refractivity contribution in [2.24, 2.45) is 0 Å². The summed E-state index contributed by atoms with van der Waals surface area (Å²) in [4.78, 5) is 1.08. The van der Waals surface area contributed by atoms with Gasteiger partial charge in [-0.05, 0) is 24.3 Å². The number of benzene rings is 1. The highest BCUT2D eigenvalue weighted by Gasteiger charge is 2.00. The number of thioether (sulfide) groups is 1. The van der Waals surface area contributed by atoms with Gasteiger partial charge in [-0.15, -0.1) is 11.8 Å². The Balaban J connectivity index is 2.05. The number of aromatic nitrogens is 2. The van der Waals surface area contributed by atoms with Crippen LogP contribution in [0, 0.1) is 0 Å². The van der Waals surface area contributed by atoms with Crippen LogP contribution in [0.4, 0.5) is 5.69 Å². The van der Waals surface area contributed by atoms with Crippen LogP contribution in [0.5, 0.6) is 0 Å². The monoisotopic (exact) mass is 283 g/mol. The van der Waals surface area contributed by atoms with Gasteiger partial charge in [0.2, 0.25) is 0 Å². The summed E-state index contributed by atoms with van der Waals surface area (Å²) in [6.07, 6.45) is 3.70. The lowest BCUT2D eigenvalue weighted by Gasteiger charge is -2.05. The van der Waals surface area contributed by atoms with E-state index in [0.717, 1.165) is 20.9 Å². The molecule has 0 spiro atoms. The van der Waals surface area contributed by atoms with Crippen LogP contribution in [0.15, 0.2) is 46.0 Å². The Labute approximate surface area is 101 Å². The third-order valence-corrected chi connectivity index (χ3v) is 3.45. The Morgan fingerprint density at radius 2 is 2.33 bits per heavy atom. The van der Waals surface area contributed by atoms with Crippen molar-refractivity contribution in [1.82, 2.24) is 9.78 Å². The summed E-state index contributed by atoms with van der Waals surface area (Å²) in [6.45, 7) is 0. The maximum Gasteiger partial charge on any atom is 0.0910 e. The molecule has 0 fully saturated rings. The Morgan fingerprint density at radius 3 is 3.00 bits per heavy atom. The molecule has 2 rings (SSSR count). The molecule has 0 aliphatic rings. The number of hydrogen-bond acceptors (Lipinski definition) is 3. The smallest absolute Gasteiger partial charge is 0.0910 e. The lowest BCUT2D eigenvalue weighted by atomic mass is 10.3. The lowest BCUT2D eigenvalue weighted by Crippen LogP contribution is -1.95. The van der Waals surface area contributed by atoms with Crippen LogP contribution in [-0.2, 0) is 5.88 Å². The minimum Gasteiger partial charge on any atom is -0.398 e. The number of nitrogen functional groups attached to an aromatic ring is 1. The summed E-state index contributed by atoms with van der Waals surface area (Å²) in [5.41, 5.74) is 6.67. The van der Waals surface area contributed by atoms with E-state index in [1.807, 2.05) is 35.1 Å². The van der Waals surface area contributed by atoms with E-state index in [0.29, 0.717) is 0 Å². The van der Waals surface area contributed by atoms with Gasteiger partial charge in [0.1, 0.15) is 0 Å². The predicted octanol–water partition coefficient (Wildman–Crippen LogP) is 2.98.